The molecule has 0 aromatic rings. The molecule has 0 saturated heterocycles. The van der Waals surface area contributed by atoms with Crippen LogP contribution in [0.2, 0.25) is 38.3 Å². The Hall–Kier alpha value is 0.197. The number of rotatable bonds is 6. The number of allylic oxidation sites excluding steroid dienone is 8. The summed E-state index contributed by atoms with van der Waals surface area (Å²) in [6, 6.07) is 1.96. The number of hydrogen-bond acceptors (Lipinski definition) is 2. The van der Waals surface area contributed by atoms with E-state index in [-0.39, 0.29) is 0 Å². The topological polar surface area (TPSA) is 40.5 Å². The third kappa shape index (κ3) is 3.52. The van der Waals surface area contributed by atoms with E-state index in [4.69, 9.17) is 0 Å². The Morgan fingerprint density at radius 1 is 0.880 bits per heavy atom. The third-order valence-electron chi connectivity index (χ3n) is 6.35. The number of aliphatic hydroxyl groups is 2. The molecule has 136 valence electrons. The molecule has 2 N–H and O–H groups in total. The maximum atomic E-state index is 9.55. The molecule has 1 heterocycles. The Labute approximate surface area is 166 Å². The zero-order chi connectivity index (χ0) is 18.4. The van der Waals surface area contributed by atoms with Crippen molar-refractivity contribution in [3.05, 3.63) is 40.3 Å². The van der Waals surface area contributed by atoms with Crippen LogP contribution in [-0.4, -0.2) is 39.6 Å². The third-order valence-corrected chi connectivity index (χ3v) is 17.0. The first kappa shape index (κ1) is 19.9. The van der Waals surface area contributed by atoms with Gasteiger partial charge in [-0.1, -0.05) is 0 Å². The molecular weight excluding hydrogens is 420 g/mol. The Kier molecular flexibility index (Phi) is 5.83. The predicted molar refractivity (Wildman–Crippen MR) is 107 cm³/mol. The van der Waals surface area contributed by atoms with Crippen molar-refractivity contribution in [3.63, 3.8) is 0 Å². The molecule has 25 heavy (non-hydrogen) atoms. The second kappa shape index (κ2) is 7.31. The summed E-state index contributed by atoms with van der Waals surface area (Å²) in [7, 11) is -3.08. The van der Waals surface area contributed by atoms with Crippen LogP contribution in [0.1, 0.15) is 19.8 Å². The van der Waals surface area contributed by atoms with Crippen molar-refractivity contribution < 1.29 is 33.4 Å². The van der Waals surface area contributed by atoms with Crippen LogP contribution in [-0.2, 0) is 23.2 Å². The van der Waals surface area contributed by atoms with Gasteiger partial charge >= 0.3 is 167 Å². The molecule has 0 spiro atoms. The van der Waals surface area contributed by atoms with Gasteiger partial charge in [0.2, 0.25) is 0 Å². The molecule has 0 atom stereocenters. The molecule has 0 bridgehead atoms. The zero-order valence-electron chi connectivity index (χ0n) is 16.4. The van der Waals surface area contributed by atoms with Crippen LogP contribution in [0.5, 0.6) is 0 Å². The summed E-state index contributed by atoms with van der Waals surface area (Å²) >= 11 is -0.624. The van der Waals surface area contributed by atoms with Gasteiger partial charge in [-0.3, -0.25) is 0 Å². The average Bonchev–Trinajstić information content (AvgIpc) is 3.12. The van der Waals surface area contributed by atoms with Gasteiger partial charge in [0.1, 0.15) is 0 Å². The minimum absolute atomic E-state index is 0.323. The van der Waals surface area contributed by atoms with Gasteiger partial charge in [0, 0.05) is 0 Å². The quantitative estimate of drug-likeness (QED) is 0.589. The summed E-state index contributed by atoms with van der Waals surface area (Å²) < 4.78 is 3.64. The van der Waals surface area contributed by atoms with Crippen molar-refractivity contribution in [1.29, 1.82) is 0 Å². The van der Waals surface area contributed by atoms with Crippen LogP contribution in [0.4, 0.5) is 0 Å². The first-order valence-corrected chi connectivity index (χ1v) is 18.5. The summed E-state index contributed by atoms with van der Waals surface area (Å²) in [5.41, 5.74) is 3.41. The monoisotopic (exact) mass is 450 g/mol. The first-order chi connectivity index (χ1) is 11.7. The molecule has 3 aliphatic rings. The van der Waals surface area contributed by atoms with E-state index < -0.39 is 39.4 Å². The second-order valence-electron chi connectivity index (χ2n) is 8.99. The zero-order valence-corrected chi connectivity index (χ0v) is 20.8. The molecule has 2 nitrogen and oxygen atoms in total. The molecule has 0 aromatic heterocycles. The van der Waals surface area contributed by atoms with Gasteiger partial charge in [-0.05, 0) is 0 Å². The van der Waals surface area contributed by atoms with Crippen molar-refractivity contribution in [2.75, 3.05) is 13.2 Å². The molecule has 1 aliphatic heterocycles. The van der Waals surface area contributed by atoms with Gasteiger partial charge < -0.3 is 0 Å². The fourth-order valence-corrected chi connectivity index (χ4v) is 14.9. The predicted octanol–water partition coefficient (Wildman–Crippen LogP) is 4.37. The summed E-state index contributed by atoms with van der Waals surface area (Å²) in [4.78, 5) is 0. The van der Waals surface area contributed by atoms with Gasteiger partial charge in [0.15, 0.2) is 0 Å². The van der Waals surface area contributed by atoms with E-state index in [1.807, 2.05) is 6.56 Å². The van der Waals surface area contributed by atoms with E-state index in [0.717, 1.165) is 12.1 Å². The fourth-order valence-electron chi connectivity index (χ4n) is 4.84. The van der Waals surface area contributed by atoms with Crippen molar-refractivity contribution in [1.82, 2.24) is 0 Å². The Morgan fingerprint density at radius 3 is 1.64 bits per heavy atom. The molecular formula is C20H32O2Si2Zr. The standard InChI is InChI=1S/C20H32O2Si2.Zr/c1-16(17-8-6-10-19(17)23(2,3)14-12-21)18-9-7-11-20(18)24(4,5)15-13-22;/h10-11,16,21-22H,6-7,12-15H2,1-5H3;. The van der Waals surface area contributed by atoms with Crippen molar-refractivity contribution in [2.24, 2.45) is 5.92 Å². The molecule has 0 aromatic carbocycles. The summed E-state index contributed by atoms with van der Waals surface area (Å²) in [6.07, 6.45) is 7.47. The Bertz CT molecular complexity index is 640. The van der Waals surface area contributed by atoms with Crippen molar-refractivity contribution in [2.45, 2.75) is 58.0 Å². The number of aliphatic hydroxyl groups excluding tert-OH is 2. The van der Waals surface area contributed by atoms with Crippen LogP contribution in [0, 0.1) is 5.92 Å². The number of hydrogen-bond donors (Lipinski definition) is 2. The van der Waals surface area contributed by atoms with E-state index >= 15 is 0 Å². The molecule has 3 rings (SSSR count). The molecule has 2 aliphatic carbocycles. The second-order valence-corrected chi connectivity index (χ2v) is 22.2. The van der Waals surface area contributed by atoms with E-state index in [1.165, 1.54) is 12.8 Å². The summed E-state index contributed by atoms with van der Waals surface area (Å²) in [5, 5.41) is 22.4. The Balaban J connectivity index is 1.93. The van der Waals surface area contributed by atoms with Crippen molar-refractivity contribution >= 4 is 16.1 Å². The molecule has 0 saturated carbocycles. The molecule has 0 radical (unpaired) electrons. The van der Waals surface area contributed by atoms with Crippen LogP contribution in [0.25, 0.3) is 0 Å². The van der Waals surface area contributed by atoms with Gasteiger partial charge in [0.25, 0.3) is 0 Å². The van der Waals surface area contributed by atoms with E-state index in [1.54, 1.807) is 21.5 Å². The molecule has 0 fully saturated rings. The van der Waals surface area contributed by atoms with Crippen LogP contribution in [0.3, 0.4) is 0 Å². The first-order valence-electron chi connectivity index (χ1n) is 9.60. The summed E-state index contributed by atoms with van der Waals surface area (Å²) in [5.74, 6) is 0.540. The summed E-state index contributed by atoms with van der Waals surface area (Å²) in [6.45, 7) is 12.8. The van der Waals surface area contributed by atoms with E-state index in [0.29, 0.717) is 19.1 Å². The van der Waals surface area contributed by atoms with Crippen LogP contribution < -0.4 is 0 Å². The van der Waals surface area contributed by atoms with Crippen molar-refractivity contribution in [3.8, 4) is 0 Å². The van der Waals surface area contributed by atoms with Gasteiger partial charge in [-0.2, -0.15) is 0 Å². The Morgan fingerprint density at radius 2 is 1.28 bits per heavy atom. The van der Waals surface area contributed by atoms with E-state index in [9.17, 15) is 10.2 Å². The molecule has 0 unspecified atom stereocenters. The maximum absolute atomic E-state index is 9.55. The molecule has 5 heteroatoms. The average molecular weight is 452 g/mol. The van der Waals surface area contributed by atoms with Gasteiger partial charge in [-0.15, -0.1) is 0 Å². The fraction of sp³-hybridized carbons (Fsp3) is 0.600. The van der Waals surface area contributed by atoms with Crippen LogP contribution in [0.15, 0.2) is 40.3 Å². The minimum atomic E-state index is -1.54. The molecule has 0 amide bonds. The normalized spacial score (nSPS) is 21.2. The van der Waals surface area contributed by atoms with E-state index in [2.05, 4.69) is 45.3 Å². The van der Waals surface area contributed by atoms with Gasteiger partial charge in [0.05, 0.1) is 0 Å². The van der Waals surface area contributed by atoms with Gasteiger partial charge in [-0.25, -0.2) is 0 Å². The SMILES string of the molecule is CC1C2=[C](CC=C2[Si](C)(C)CCO)[Zr][C]2=C1C([Si](C)(C)CCO)=CC2. The van der Waals surface area contributed by atoms with Crippen LogP contribution >= 0.6 is 0 Å².